The van der Waals surface area contributed by atoms with Crippen LogP contribution < -0.4 is 4.46 Å². The zero-order valence-electron chi connectivity index (χ0n) is 16.1. The molecule has 3 heteroatoms. The van der Waals surface area contributed by atoms with Gasteiger partial charge >= 0.3 is 174 Å². The number of benzene rings is 2. The van der Waals surface area contributed by atoms with Crippen LogP contribution in [-0.2, 0) is 0 Å². The van der Waals surface area contributed by atoms with Crippen LogP contribution in [0.4, 0.5) is 0 Å². The van der Waals surface area contributed by atoms with E-state index >= 15 is 0 Å². The Labute approximate surface area is 173 Å². The average molecular weight is 433 g/mol. The van der Waals surface area contributed by atoms with Gasteiger partial charge < -0.3 is 0 Å². The number of hydrogen-bond acceptors (Lipinski definition) is 2. The second kappa shape index (κ2) is 7.83. The van der Waals surface area contributed by atoms with Crippen LogP contribution in [0.3, 0.4) is 0 Å². The molecule has 3 saturated heterocycles. The van der Waals surface area contributed by atoms with E-state index < -0.39 is 0 Å². The van der Waals surface area contributed by atoms with Gasteiger partial charge in [-0.05, 0) is 0 Å². The molecule has 3 aliphatic heterocycles. The summed E-state index contributed by atoms with van der Waals surface area (Å²) in [5, 5.41) is 1.33. The Balaban J connectivity index is 1.57. The van der Waals surface area contributed by atoms with Gasteiger partial charge in [0.25, 0.3) is 0 Å². The van der Waals surface area contributed by atoms with E-state index in [0.717, 1.165) is 11.4 Å². The molecule has 3 aromatic rings. The Bertz CT molecular complexity index is 965. The van der Waals surface area contributed by atoms with Crippen LogP contribution in [0.25, 0.3) is 10.9 Å². The third kappa shape index (κ3) is 3.32. The minimum atomic E-state index is 0.386. The van der Waals surface area contributed by atoms with E-state index in [9.17, 15) is 0 Å². The van der Waals surface area contributed by atoms with Gasteiger partial charge in [0.05, 0.1) is 0 Å². The summed E-state index contributed by atoms with van der Waals surface area (Å²) in [7, 11) is 0. The first-order valence-corrected chi connectivity index (χ1v) is 12.1. The quantitative estimate of drug-likeness (QED) is 0.443. The summed E-state index contributed by atoms with van der Waals surface area (Å²) in [6.07, 6.45) is 6.84. The second-order valence-electron chi connectivity index (χ2n) is 8.02. The van der Waals surface area contributed by atoms with Crippen molar-refractivity contribution < 1.29 is 0 Å². The van der Waals surface area contributed by atoms with Crippen molar-refractivity contribution >= 4 is 30.3 Å². The predicted octanol–water partition coefficient (Wildman–Crippen LogP) is 4.20. The molecule has 2 aromatic carbocycles. The van der Waals surface area contributed by atoms with Crippen molar-refractivity contribution in [1.29, 1.82) is 0 Å². The molecule has 0 aliphatic carbocycles. The van der Waals surface area contributed by atoms with Crippen molar-refractivity contribution in [2.45, 2.75) is 23.7 Å². The molecule has 1 aromatic heterocycles. The summed E-state index contributed by atoms with van der Waals surface area (Å²) in [5.41, 5.74) is 2.61. The van der Waals surface area contributed by atoms with Crippen molar-refractivity contribution in [2.24, 2.45) is 11.8 Å². The van der Waals surface area contributed by atoms with Crippen LogP contribution in [0.5, 0.6) is 0 Å². The zero-order chi connectivity index (χ0) is 18.9. The number of fused-ring (bicyclic) bond motifs is 4. The number of aromatic nitrogens is 1. The van der Waals surface area contributed by atoms with Crippen LogP contribution in [0, 0.1) is 11.8 Å². The van der Waals surface area contributed by atoms with E-state index in [4.69, 9.17) is 0 Å². The summed E-state index contributed by atoms with van der Waals surface area (Å²) in [4.78, 5) is 7.94. The summed E-state index contributed by atoms with van der Waals surface area (Å²) < 4.78 is 1.49. The van der Waals surface area contributed by atoms with E-state index in [1.165, 1.54) is 41.3 Å². The second-order valence-corrected chi connectivity index (χ2v) is 10.6. The van der Waals surface area contributed by atoms with Crippen LogP contribution in [-0.4, -0.2) is 44.0 Å². The minimum absolute atomic E-state index is 0.386. The fourth-order valence-electron chi connectivity index (χ4n) is 5.05. The molecule has 2 nitrogen and oxygen atoms in total. The van der Waals surface area contributed by atoms with Gasteiger partial charge in [0.2, 0.25) is 0 Å². The van der Waals surface area contributed by atoms with E-state index in [1.807, 2.05) is 6.20 Å². The molecule has 0 radical (unpaired) electrons. The van der Waals surface area contributed by atoms with Crippen molar-refractivity contribution in [1.82, 2.24) is 9.88 Å². The Morgan fingerprint density at radius 1 is 1.07 bits per heavy atom. The molecule has 3 fully saturated rings. The van der Waals surface area contributed by atoms with Gasteiger partial charge in [-0.1, -0.05) is 0 Å². The van der Waals surface area contributed by atoms with Crippen molar-refractivity contribution in [3.63, 3.8) is 0 Å². The van der Waals surface area contributed by atoms with E-state index in [-0.39, 0.29) is 0 Å². The number of hydrogen-bond donors (Lipinski definition) is 0. The van der Waals surface area contributed by atoms with E-state index in [2.05, 4.69) is 83.2 Å². The van der Waals surface area contributed by atoms with Crippen molar-refractivity contribution in [3.8, 4) is 0 Å². The summed E-state index contributed by atoms with van der Waals surface area (Å²) in [5.74, 6) is 1.47. The topological polar surface area (TPSA) is 16.1 Å². The summed E-state index contributed by atoms with van der Waals surface area (Å²) in [6, 6.07) is 22.7. The molecular weight excluding hydrogens is 407 g/mol. The van der Waals surface area contributed by atoms with E-state index in [0.29, 0.717) is 31.7 Å². The predicted molar refractivity (Wildman–Crippen MR) is 118 cm³/mol. The number of pyridine rings is 1. The van der Waals surface area contributed by atoms with Gasteiger partial charge in [0, 0.05) is 0 Å². The normalized spacial score (nSPS) is 27.6. The summed E-state index contributed by atoms with van der Waals surface area (Å²) in [6.45, 7) is 6.53. The molecule has 0 saturated carbocycles. The first-order valence-electron chi connectivity index (χ1n) is 10.3. The molecule has 6 rings (SSSR count). The van der Waals surface area contributed by atoms with Gasteiger partial charge in [-0.15, -0.1) is 0 Å². The van der Waals surface area contributed by atoms with Crippen molar-refractivity contribution in [2.75, 3.05) is 13.1 Å². The Morgan fingerprint density at radius 3 is 2.68 bits per heavy atom. The van der Waals surface area contributed by atoms with Crippen LogP contribution in [0.2, 0.25) is 0 Å². The third-order valence-corrected chi connectivity index (χ3v) is 9.37. The SMILES string of the molecule is C=C[C@H]1CN2CC[C@H]1C[C@@H]2[C@H]([Se]c1ccccc1)c1ccnc2ccccc12. The number of para-hydroxylation sites is 1. The van der Waals surface area contributed by atoms with Crippen molar-refractivity contribution in [3.05, 3.63) is 85.1 Å². The summed E-state index contributed by atoms with van der Waals surface area (Å²) >= 11 is 0.386. The number of nitrogens with zero attached hydrogens (tertiary/aromatic N) is 2. The first-order chi connectivity index (χ1) is 13.8. The molecule has 142 valence electrons. The third-order valence-electron chi connectivity index (χ3n) is 6.50. The maximum atomic E-state index is 4.63. The Morgan fingerprint density at radius 2 is 1.89 bits per heavy atom. The molecular formula is C25H26N2Se. The molecule has 5 atom stereocenters. The molecule has 4 heterocycles. The zero-order valence-corrected chi connectivity index (χ0v) is 17.8. The van der Waals surface area contributed by atoms with Gasteiger partial charge in [0.1, 0.15) is 0 Å². The average Bonchev–Trinajstić information content (AvgIpc) is 2.78. The molecule has 3 aliphatic rings. The Hall–Kier alpha value is -1.93. The molecule has 0 amide bonds. The Kier molecular flexibility index (Phi) is 5.07. The van der Waals surface area contributed by atoms with Gasteiger partial charge in [-0.25, -0.2) is 0 Å². The standard InChI is InChI=1S/C25H26N2Se/c1-2-18-17-27-15-13-19(18)16-24(27)25(28-20-8-4-3-5-9-20)22-12-14-26-23-11-7-6-10-21(22)23/h2-12,14,18-19,24-25H,1,13,15-17H2/t18-,19-,24+,25+/m0/s1. The molecule has 0 spiro atoms. The number of rotatable bonds is 5. The van der Waals surface area contributed by atoms with Crippen LogP contribution in [0.15, 0.2) is 79.5 Å². The fourth-order valence-corrected chi connectivity index (χ4v) is 7.95. The van der Waals surface area contributed by atoms with Gasteiger partial charge in [-0.3, -0.25) is 0 Å². The maximum absolute atomic E-state index is 4.63. The molecule has 1 unspecified atom stereocenters. The first kappa shape index (κ1) is 18.1. The van der Waals surface area contributed by atoms with Gasteiger partial charge in [-0.2, -0.15) is 0 Å². The molecule has 0 N–H and O–H groups in total. The van der Waals surface area contributed by atoms with Crippen LogP contribution in [0.1, 0.15) is 23.2 Å². The van der Waals surface area contributed by atoms with E-state index in [1.54, 1.807) is 0 Å². The van der Waals surface area contributed by atoms with Gasteiger partial charge in [0.15, 0.2) is 0 Å². The van der Waals surface area contributed by atoms with Crippen LogP contribution >= 0.6 is 0 Å². The molecule has 28 heavy (non-hydrogen) atoms. The number of piperidine rings is 3. The monoisotopic (exact) mass is 434 g/mol. The molecule has 2 bridgehead atoms. The fraction of sp³-hybridized carbons (Fsp3) is 0.320.